The number of hydrogen-bond acceptors (Lipinski definition) is 4. The summed E-state index contributed by atoms with van der Waals surface area (Å²) in [5, 5.41) is 11.0. The van der Waals surface area contributed by atoms with E-state index in [9.17, 15) is 0 Å². The van der Waals surface area contributed by atoms with Gasteiger partial charge in [0.05, 0.1) is 17.3 Å². The minimum absolute atomic E-state index is 0.0284. The average molecular weight is 742 g/mol. The second kappa shape index (κ2) is 13.1. The lowest BCUT2D eigenvalue weighted by molar-refractivity contribution is 0.669. The van der Waals surface area contributed by atoms with Crippen molar-refractivity contribution in [3.8, 4) is 22.4 Å². The molecule has 272 valence electrons. The van der Waals surface area contributed by atoms with E-state index in [0.717, 1.165) is 79.6 Å². The molecule has 3 heterocycles. The second-order valence-electron chi connectivity index (χ2n) is 15.4. The zero-order chi connectivity index (χ0) is 38.2. The van der Waals surface area contributed by atoms with Gasteiger partial charge in [-0.3, -0.25) is 4.99 Å². The molecule has 0 saturated heterocycles. The van der Waals surface area contributed by atoms with Gasteiger partial charge >= 0.3 is 0 Å². The molecule has 1 aliphatic heterocycles. The van der Waals surface area contributed by atoms with Crippen LogP contribution in [-0.2, 0) is 0 Å². The highest BCUT2D eigenvalue weighted by Gasteiger charge is 2.23. The molecule has 0 N–H and O–H groups in total. The summed E-state index contributed by atoms with van der Waals surface area (Å²) in [4.78, 5) is 16.0. The number of amidine groups is 1. The monoisotopic (exact) mass is 741 g/mol. The van der Waals surface area contributed by atoms with Crippen LogP contribution in [0.5, 0.6) is 0 Å². The average Bonchev–Trinajstić information content (AvgIpc) is 3.54. The first-order valence-corrected chi connectivity index (χ1v) is 20.0. The first-order chi connectivity index (χ1) is 28.7. The van der Waals surface area contributed by atoms with Gasteiger partial charge in [0.25, 0.3) is 0 Å². The lowest BCUT2D eigenvalue weighted by Gasteiger charge is -2.16. The molecule has 11 aromatic rings. The summed E-state index contributed by atoms with van der Waals surface area (Å²) in [6.45, 7) is 0. The normalized spacial score (nSPS) is 14.8. The summed E-state index contributed by atoms with van der Waals surface area (Å²) in [6, 6.07) is 64.8. The number of aliphatic imine (C=N–C) groups is 2. The van der Waals surface area contributed by atoms with Crippen molar-refractivity contribution < 1.29 is 4.42 Å². The Morgan fingerprint density at radius 2 is 1.12 bits per heavy atom. The van der Waals surface area contributed by atoms with Crippen LogP contribution in [-0.4, -0.2) is 16.5 Å². The fraction of sp³-hybridized carbons (Fsp3) is 0.0556. The summed E-state index contributed by atoms with van der Waals surface area (Å²) >= 11 is 0. The van der Waals surface area contributed by atoms with Crippen molar-refractivity contribution in [3.63, 3.8) is 0 Å². The Kier molecular flexibility index (Phi) is 7.39. The molecule has 0 saturated carbocycles. The molecule has 2 aromatic heterocycles. The highest BCUT2D eigenvalue weighted by molar-refractivity contribution is 6.24. The van der Waals surface area contributed by atoms with E-state index in [1.807, 2.05) is 18.2 Å². The number of benzene rings is 9. The van der Waals surface area contributed by atoms with Crippen LogP contribution in [0.25, 0.3) is 87.5 Å². The number of nitrogens with zero attached hydrogens (tertiary/aromatic N) is 3. The first-order valence-electron chi connectivity index (χ1n) is 20.0. The third-order valence-corrected chi connectivity index (χ3v) is 12.0. The predicted molar refractivity (Wildman–Crippen MR) is 242 cm³/mol. The number of fused-ring (bicyclic) bond motifs is 5. The van der Waals surface area contributed by atoms with Gasteiger partial charge in [0.1, 0.15) is 11.3 Å². The first kappa shape index (κ1) is 32.8. The van der Waals surface area contributed by atoms with Crippen LogP contribution in [0.2, 0.25) is 0 Å². The molecule has 58 heavy (non-hydrogen) atoms. The third-order valence-electron chi connectivity index (χ3n) is 12.0. The lowest BCUT2D eigenvalue weighted by Crippen LogP contribution is -2.06. The Labute approximate surface area is 334 Å². The molecule has 4 heteroatoms. The second-order valence-corrected chi connectivity index (χ2v) is 15.4. The molecular weight excluding hydrogens is 707 g/mol. The summed E-state index contributed by atoms with van der Waals surface area (Å²) in [5.41, 5.74) is 11.1. The number of para-hydroxylation sites is 2. The quantitative estimate of drug-likeness (QED) is 0.165. The number of pyridine rings is 1. The van der Waals surface area contributed by atoms with E-state index in [4.69, 9.17) is 19.4 Å². The van der Waals surface area contributed by atoms with Gasteiger partial charge in [0.2, 0.25) is 0 Å². The molecule has 0 aliphatic carbocycles. The minimum atomic E-state index is -0.0284. The number of rotatable bonds is 5. The lowest BCUT2D eigenvalue weighted by atomic mass is 9.88. The smallest absolute Gasteiger partial charge is 0.162 e. The van der Waals surface area contributed by atoms with Crippen LogP contribution in [0.4, 0.5) is 0 Å². The molecule has 1 unspecified atom stereocenters. The van der Waals surface area contributed by atoms with Gasteiger partial charge < -0.3 is 4.42 Å². The van der Waals surface area contributed by atoms with Crippen molar-refractivity contribution in [2.24, 2.45) is 9.98 Å². The Morgan fingerprint density at radius 1 is 0.483 bits per heavy atom. The van der Waals surface area contributed by atoms with Crippen molar-refractivity contribution in [2.75, 3.05) is 0 Å². The molecule has 0 amide bonds. The standard InChI is InChI=1S/C54H35N3O/c1-2-11-33(12-3-1)45-29-30-47(42-16-5-4-15-41(42)40-31-38-27-21-34-13-10-14-35-22-28-39(32-40)50(38)49(34)35)57-54(56-45)37-25-23-36(24-26-37)52-53-51(43-17-6-8-19-46(43)55-52)44-18-7-9-20-48(44)58-53/h1-28,31-32,45H,29-30H2. The number of furan rings is 1. The van der Waals surface area contributed by atoms with E-state index in [2.05, 4.69) is 164 Å². The van der Waals surface area contributed by atoms with Gasteiger partial charge in [-0.15, -0.1) is 0 Å². The fourth-order valence-corrected chi connectivity index (χ4v) is 9.25. The maximum atomic E-state index is 6.53. The number of aromatic nitrogens is 1. The topological polar surface area (TPSA) is 50.8 Å². The van der Waals surface area contributed by atoms with E-state index >= 15 is 0 Å². The molecule has 0 fully saturated rings. The molecule has 0 radical (unpaired) electrons. The maximum Gasteiger partial charge on any atom is 0.162 e. The van der Waals surface area contributed by atoms with Gasteiger partial charge in [-0.2, -0.15) is 0 Å². The molecule has 1 aliphatic rings. The maximum absolute atomic E-state index is 6.53. The van der Waals surface area contributed by atoms with Crippen molar-refractivity contribution in [1.29, 1.82) is 0 Å². The molecular formula is C54H35N3O. The zero-order valence-corrected chi connectivity index (χ0v) is 31.6. The van der Waals surface area contributed by atoms with E-state index < -0.39 is 0 Å². The van der Waals surface area contributed by atoms with E-state index in [0.29, 0.717) is 0 Å². The van der Waals surface area contributed by atoms with Gasteiger partial charge in [-0.05, 0) is 86.1 Å². The molecule has 0 bridgehead atoms. The van der Waals surface area contributed by atoms with E-state index in [1.54, 1.807) is 0 Å². The van der Waals surface area contributed by atoms with Crippen LogP contribution in [0.15, 0.2) is 196 Å². The molecule has 12 rings (SSSR count). The highest BCUT2D eigenvalue weighted by Crippen LogP contribution is 2.41. The van der Waals surface area contributed by atoms with Crippen molar-refractivity contribution in [2.45, 2.75) is 18.9 Å². The van der Waals surface area contributed by atoms with Crippen LogP contribution in [0.1, 0.15) is 35.6 Å². The van der Waals surface area contributed by atoms with Crippen LogP contribution < -0.4 is 0 Å². The number of hydrogen-bond donors (Lipinski definition) is 0. The van der Waals surface area contributed by atoms with Crippen LogP contribution in [0.3, 0.4) is 0 Å². The minimum Gasteiger partial charge on any atom is -0.454 e. The van der Waals surface area contributed by atoms with E-state index in [-0.39, 0.29) is 6.04 Å². The van der Waals surface area contributed by atoms with Crippen molar-refractivity contribution in [3.05, 3.63) is 199 Å². The summed E-state index contributed by atoms with van der Waals surface area (Å²) < 4.78 is 6.53. The SMILES string of the molecule is c1ccc(C2CCC(c3ccccc3-c3cc4ccc5cccc6ccc(c3)c4c56)=NC(c3ccc(-c4nc5ccccc5c5c4oc4ccccc45)cc3)=N2)cc1. The Balaban J connectivity index is 0.983. The highest BCUT2D eigenvalue weighted by atomic mass is 16.3. The summed E-state index contributed by atoms with van der Waals surface area (Å²) in [6.07, 6.45) is 1.64. The Morgan fingerprint density at radius 3 is 1.91 bits per heavy atom. The summed E-state index contributed by atoms with van der Waals surface area (Å²) in [5.74, 6) is 0.735. The van der Waals surface area contributed by atoms with Gasteiger partial charge in [-0.1, -0.05) is 158 Å². The summed E-state index contributed by atoms with van der Waals surface area (Å²) in [7, 11) is 0. The van der Waals surface area contributed by atoms with Gasteiger partial charge in [-0.25, -0.2) is 9.98 Å². The third kappa shape index (κ3) is 5.26. The molecule has 0 spiro atoms. The van der Waals surface area contributed by atoms with Crippen LogP contribution in [0, 0.1) is 0 Å². The predicted octanol–water partition coefficient (Wildman–Crippen LogP) is 14.1. The Hall–Kier alpha value is -7.43. The molecule has 9 aromatic carbocycles. The largest absolute Gasteiger partial charge is 0.454 e. The van der Waals surface area contributed by atoms with E-state index in [1.165, 1.54) is 49.0 Å². The molecule has 4 nitrogen and oxygen atoms in total. The van der Waals surface area contributed by atoms with Crippen molar-refractivity contribution >= 4 is 76.7 Å². The molecule has 1 atom stereocenters. The van der Waals surface area contributed by atoms with Gasteiger partial charge in [0, 0.05) is 32.8 Å². The van der Waals surface area contributed by atoms with Crippen molar-refractivity contribution in [1.82, 2.24) is 4.98 Å². The van der Waals surface area contributed by atoms with Gasteiger partial charge in [0.15, 0.2) is 11.4 Å². The zero-order valence-electron chi connectivity index (χ0n) is 31.6. The van der Waals surface area contributed by atoms with Crippen LogP contribution >= 0.6 is 0 Å². The Bertz CT molecular complexity index is 3390. The fourth-order valence-electron chi connectivity index (χ4n) is 9.25.